The van der Waals surface area contributed by atoms with Crippen LogP contribution in [-0.2, 0) is 19.1 Å². The first-order chi connectivity index (χ1) is 10.4. The van der Waals surface area contributed by atoms with E-state index in [4.69, 9.17) is 4.74 Å². The molecule has 0 aromatic heterocycles. The van der Waals surface area contributed by atoms with Gasteiger partial charge in [-0.2, -0.15) is 0 Å². The van der Waals surface area contributed by atoms with Gasteiger partial charge >= 0.3 is 11.9 Å². The standard InChI is InChI=1S/C13H14N2O7/c1-20-11-5-4-8(15(18)19)6-9(11)14-10(13(17)22-3)7-12(16)21-2/h4-7,14H,1-3H3/b10-7+. The Bertz CT molecular complexity index is 625. The highest BCUT2D eigenvalue weighted by atomic mass is 16.6. The number of nitro benzene ring substituents is 1. The van der Waals surface area contributed by atoms with Gasteiger partial charge in [-0.15, -0.1) is 0 Å². The van der Waals surface area contributed by atoms with Crippen molar-refractivity contribution < 1.29 is 28.7 Å². The van der Waals surface area contributed by atoms with E-state index in [1.165, 1.54) is 19.2 Å². The first kappa shape index (κ1) is 17.0. The molecule has 1 aromatic rings. The van der Waals surface area contributed by atoms with Gasteiger partial charge in [-0.3, -0.25) is 10.1 Å². The number of ether oxygens (including phenoxy) is 3. The summed E-state index contributed by atoms with van der Waals surface area (Å²) < 4.78 is 14.0. The quantitative estimate of drug-likeness (QED) is 0.361. The van der Waals surface area contributed by atoms with Crippen LogP contribution in [0, 0.1) is 10.1 Å². The van der Waals surface area contributed by atoms with Crippen molar-refractivity contribution in [3.63, 3.8) is 0 Å². The number of anilines is 1. The molecule has 9 heteroatoms. The molecule has 1 rings (SSSR count). The zero-order valence-corrected chi connectivity index (χ0v) is 12.1. The van der Waals surface area contributed by atoms with Crippen molar-refractivity contribution in [3.05, 3.63) is 40.1 Å². The van der Waals surface area contributed by atoms with Crippen LogP contribution < -0.4 is 10.1 Å². The summed E-state index contributed by atoms with van der Waals surface area (Å²) in [6.07, 6.45) is 0.865. The molecule has 0 saturated carbocycles. The molecule has 0 radical (unpaired) electrons. The van der Waals surface area contributed by atoms with Gasteiger partial charge in [-0.05, 0) is 6.07 Å². The van der Waals surface area contributed by atoms with Crippen LogP contribution >= 0.6 is 0 Å². The van der Waals surface area contributed by atoms with Crippen LogP contribution in [-0.4, -0.2) is 38.2 Å². The lowest BCUT2D eigenvalue weighted by Gasteiger charge is -2.12. The first-order valence-electron chi connectivity index (χ1n) is 5.90. The van der Waals surface area contributed by atoms with Crippen molar-refractivity contribution in [1.29, 1.82) is 0 Å². The minimum atomic E-state index is -0.848. The number of esters is 2. The van der Waals surface area contributed by atoms with E-state index in [0.717, 1.165) is 26.4 Å². The highest BCUT2D eigenvalue weighted by Crippen LogP contribution is 2.30. The van der Waals surface area contributed by atoms with E-state index in [-0.39, 0.29) is 22.8 Å². The topological polar surface area (TPSA) is 117 Å². The number of methoxy groups -OCH3 is 3. The third-order valence-electron chi connectivity index (χ3n) is 2.53. The van der Waals surface area contributed by atoms with Crippen LogP contribution in [0.3, 0.4) is 0 Å². The van der Waals surface area contributed by atoms with Crippen LogP contribution in [0.2, 0.25) is 0 Å². The van der Waals surface area contributed by atoms with Gasteiger partial charge in [0, 0.05) is 12.1 Å². The molecule has 0 saturated heterocycles. The molecule has 9 nitrogen and oxygen atoms in total. The molecule has 0 bridgehead atoms. The summed E-state index contributed by atoms with van der Waals surface area (Å²) >= 11 is 0. The molecule has 0 aliphatic rings. The van der Waals surface area contributed by atoms with Crippen molar-refractivity contribution in [1.82, 2.24) is 0 Å². The molecule has 118 valence electrons. The van der Waals surface area contributed by atoms with E-state index in [1.54, 1.807) is 0 Å². The molecule has 0 fully saturated rings. The van der Waals surface area contributed by atoms with Crippen molar-refractivity contribution in [3.8, 4) is 5.75 Å². The second kappa shape index (κ2) is 7.62. The Kier molecular flexibility index (Phi) is 5.87. The van der Waals surface area contributed by atoms with Gasteiger partial charge in [-0.1, -0.05) is 0 Å². The predicted molar refractivity (Wildman–Crippen MR) is 75.4 cm³/mol. The van der Waals surface area contributed by atoms with Gasteiger partial charge in [0.25, 0.3) is 5.69 Å². The number of rotatable bonds is 6. The molecule has 0 amide bonds. The number of carbonyl (C=O) groups excluding carboxylic acids is 2. The molecular weight excluding hydrogens is 296 g/mol. The van der Waals surface area contributed by atoms with E-state index in [2.05, 4.69) is 14.8 Å². The maximum Gasteiger partial charge on any atom is 0.354 e. The van der Waals surface area contributed by atoms with Crippen LogP contribution in [0.15, 0.2) is 30.0 Å². The molecule has 1 N–H and O–H groups in total. The third kappa shape index (κ3) is 4.20. The Labute approximate surface area is 125 Å². The number of non-ortho nitro benzene ring substituents is 1. The third-order valence-corrected chi connectivity index (χ3v) is 2.53. The van der Waals surface area contributed by atoms with Gasteiger partial charge < -0.3 is 19.5 Å². The molecule has 22 heavy (non-hydrogen) atoms. The second-order valence-electron chi connectivity index (χ2n) is 3.84. The summed E-state index contributed by atoms with van der Waals surface area (Å²) in [6, 6.07) is 3.76. The van der Waals surface area contributed by atoms with E-state index in [9.17, 15) is 19.7 Å². The fourth-order valence-corrected chi connectivity index (χ4v) is 1.49. The van der Waals surface area contributed by atoms with Crippen molar-refractivity contribution >= 4 is 23.3 Å². The number of nitro groups is 1. The van der Waals surface area contributed by atoms with Crippen LogP contribution in [0.4, 0.5) is 11.4 Å². The highest BCUT2D eigenvalue weighted by molar-refractivity contribution is 5.99. The summed E-state index contributed by atoms with van der Waals surface area (Å²) in [4.78, 5) is 33.1. The number of carbonyl (C=O) groups is 2. The number of hydrogen-bond acceptors (Lipinski definition) is 8. The van der Waals surface area contributed by atoms with E-state index in [0.29, 0.717) is 0 Å². The summed E-state index contributed by atoms with van der Waals surface area (Å²) in [6.45, 7) is 0. The number of nitrogens with one attached hydrogen (secondary N) is 1. The Morgan fingerprint density at radius 3 is 2.41 bits per heavy atom. The monoisotopic (exact) mass is 310 g/mol. The summed E-state index contributed by atoms with van der Waals surface area (Å²) in [5, 5.41) is 13.4. The Morgan fingerprint density at radius 2 is 1.91 bits per heavy atom. The molecule has 0 aliphatic heterocycles. The molecular formula is C13H14N2O7. The summed E-state index contributed by atoms with van der Waals surface area (Å²) in [5.74, 6) is -1.40. The fraction of sp³-hybridized carbons (Fsp3) is 0.231. The molecule has 0 heterocycles. The number of hydrogen-bond donors (Lipinski definition) is 1. The normalized spacial score (nSPS) is 10.6. The maximum atomic E-state index is 11.7. The minimum Gasteiger partial charge on any atom is -0.495 e. The van der Waals surface area contributed by atoms with Gasteiger partial charge in [0.1, 0.15) is 11.4 Å². The summed E-state index contributed by atoms with van der Waals surface area (Å²) in [7, 11) is 3.62. The van der Waals surface area contributed by atoms with Crippen molar-refractivity contribution in [2.75, 3.05) is 26.6 Å². The Balaban J connectivity index is 3.24. The lowest BCUT2D eigenvalue weighted by Crippen LogP contribution is -2.16. The average Bonchev–Trinajstić information content (AvgIpc) is 2.52. The van der Waals surface area contributed by atoms with Crippen molar-refractivity contribution in [2.45, 2.75) is 0 Å². The van der Waals surface area contributed by atoms with Gasteiger partial charge in [-0.25, -0.2) is 9.59 Å². The Morgan fingerprint density at radius 1 is 1.23 bits per heavy atom. The molecule has 1 aromatic carbocycles. The van der Waals surface area contributed by atoms with E-state index in [1.807, 2.05) is 0 Å². The molecule has 0 atom stereocenters. The SMILES string of the molecule is COC(=O)/C=C(/Nc1cc([N+](=O)[O-])ccc1OC)C(=O)OC. The van der Waals surface area contributed by atoms with Crippen molar-refractivity contribution in [2.24, 2.45) is 0 Å². The van der Waals surface area contributed by atoms with Gasteiger partial charge in [0.2, 0.25) is 0 Å². The van der Waals surface area contributed by atoms with Gasteiger partial charge in [0.15, 0.2) is 0 Å². The first-order valence-corrected chi connectivity index (χ1v) is 5.90. The molecule has 0 aliphatic carbocycles. The second-order valence-corrected chi connectivity index (χ2v) is 3.84. The number of benzene rings is 1. The smallest absolute Gasteiger partial charge is 0.354 e. The minimum absolute atomic E-state index is 0.122. The summed E-state index contributed by atoms with van der Waals surface area (Å²) in [5.41, 5.74) is -0.351. The lowest BCUT2D eigenvalue weighted by atomic mass is 10.2. The van der Waals surface area contributed by atoms with Crippen LogP contribution in [0.5, 0.6) is 5.75 Å². The van der Waals surface area contributed by atoms with Gasteiger partial charge in [0.05, 0.1) is 38.0 Å². The van der Waals surface area contributed by atoms with Crippen LogP contribution in [0.25, 0.3) is 0 Å². The average molecular weight is 310 g/mol. The zero-order chi connectivity index (χ0) is 16.7. The highest BCUT2D eigenvalue weighted by Gasteiger charge is 2.17. The van der Waals surface area contributed by atoms with E-state index >= 15 is 0 Å². The zero-order valence-electron chi connectivity index (χ0n) is 12.1. The number of nitrogens with zero attached hydrogens (tertiary/aromatic N) is 1. The molecule has 0 unspecified atom stereocenters. The fourth-order valence-electron chi connectivity index (χ4n) is 1.49. The Hall–Kier alpha value is -3.10. The molecule has 0 spiro atoms. The largest absolute Gasteiger partial charge is 0.495 e. The van der Waals surface area contributed by atoms with E-state index < -0.39 is 16.9 Å². The maximum absolute atomic E-state index is 11.7. The van der Waals surface area contributed by atoms with Crippen LogP contribution in [0.1, 0.15) is 0 Å². The predicted octanol–water partition coefficient (Wildman–Crippen LogP) is 1.25. The lowest BCUT2D eigenvalue weighted by molar-refractivity contribution is -0.384.